The summed E-state index contributed by atoms with van der Waals surface area (Å²) >= 11 is 7.35. The van der Waals surface area contributed by atoms with Crippen LogP contribution in [0.15, 0.2) is 47.8 Å². The minimum atomic E-state index is -0.0524. The molecule has 1 aromatic heterocycles. The van der Waals surface area contributed by atoms with Crippen LogP contribution >= 0.6 is 22.9 Å². The van der Waals surface area contributed by atoms with Crippen LogP contribution in [0.3, 0.4) is 0 Å². The number of hydrogen-bond donors (Lipinski definition) is 1. The third kappa shape index (κ3) is 5.03. The number of para-hydroxylation sites is 1. The number of aromatic nitrogens is 1. The fourth-order valence-electron chi connectivity index (χ4n) is 2.79. The molecule has 0 bridgehead atoms. The molecule has 2 aromatic carbocycles. The number of ether oxygens (including phenoxy) is 2. The quantitative estimate of drug-likeness (QED) is 0.591. The van der Waals surface area contributed by atoms with E-state index in [1.54, 1.807) is 14.2 Å². The molecule has 0 aliphatic heterocycles. The summed E-state index contributed by atoms with van der Waals surface area (Å²) in [5.41, 5.74) is 2.71. The van der Waals surface area contributed by atoms with E-state index in [1.165, 1.54) is 11.3 Å². The van der Waals surface area contributed by atoms with Gasteiger partial charge in [0.1, 0.15) is 5.01 Å². The molecule has 146 valence electrons. The van der Waals surface area contributed by atoms with Gasteiger partial charge in [-0.15, -0.1) is 11.3 Å². The molecular weight excluding hydrogens is 396 g/mol. The Kier molecular flexibility index (Phi) is 6.90. The van der Waals surface area contributed by atoms with Crippen molar-refractivity contribution in [1.29, 1.82) is 0 Å². The van der Waals surface area contributed by atoms with Gasteiger partial charge in [0.05, 0.1) is 31.9 Å². The Morgan fingerprint density at radius 3 is 2.64 bits per heavy atom. The Labute approximate surface area is 173 Å². The molecule has 0 spiro atoms. The second-order valence-electron chi connectivity index (χ2n) is 6.09. The summed E-state index contributed by atoms with van der Waals surface area (Å²) in [7, 11) is 3.20. The van der Waals surface area contributed by atoms with E-state index in [2.05, 4.69) is 10.3 Å². The van der Waals surface area contributed by atoms with E-state index in [0.717, 1.165) is 28.2 Å². The second kappa shape index (κ2) is 9.57. The Balaban J connectivity index is 1.58. The Morgan fingerprint density at radius 2 is 1.93 bits per heavy atom. The van der Waals surface area contributed by atoms with Crippen LogP contribution in [0.4, 0.5) is 0 Å². The first kappa shape index (κ1) is 20.2. The number of halogens is 1. The third-order valence-corrected chi connectivity index (χ3v) is 5.35. The van der Waals surface area contributed by atoms with Gasteiger partial charge in [-0.1, -0.05) is 29.8 Å². The van der Waals surface area contributed by atoms with Crippen LogP contribution in [-0.4, -0.2) is 31.7 Å². The first-order valence-corrected chi connectivity index (χ1v) is 10.0. The topological polar surface area (TPSA) is 60.5 Å². The fourth-order valence-corrected chi connectivity index (χ4v) is 3.76. The fraction of sp³-hybridized carbons (Fsp3) is 0.238. The molecule has 0 unspecified atom stereocenters. The molecule has 5 nitrogen and oxygen atoms in total. The zero-order valence-electron chi connectivity index (χ0n) is 15.7. The number of rotatable bonds is 8. The first-order chi connectivity index (χ1) is 13.6. The maximum atomic E-state index is 12.2. The molecule has 7 heteroatoms. The molecule has 0 aliphatic carbocycles. The molecule has 0 radical (unpaired) electrons. The van der Waals surface area contributed by atoms with E-state index < -0.39 is 0 Å². The predicted octanol–water partition coefficient (Wildman–Crippen LogP) is 4.38. The zero-order chi connectivity index (χ0) is 19.9. The first-order valence-electron chi connectivity index (χ1n) is 8.77. The van der Waals surface area contributed by atoms with Gasteiger partial charge in [-0.05, 0) is 36.2 Å². The maximum absolute atomic E-state index is 12.2. The van der Waals surface area contributed by atoms with Crippen LogP contribution in [0.2, 0.25) is 5.02 Å². The summed E-state index contributed by atoms with van der Waals surface area (Å²) in [5, 5.41) is 6.33. The predicted molar refractivity (Wildman–Crippen MR) is 113 cm³/mol. The minimum absolute atomic E-state index is 0.0524. The molecule has 3 rings (SSSR count). The molecule has 1 heterocycles. The highest BCUT2D eigenvalue weighted by Crippen LogP contribution is 2.38. The van der Waals surface area contributed by atoms with Crippen LogP contribution in [0.1, 0.15) is 11.3 Å². The smallest absolute Gasteiger partial charge is 0.226 e. The van der Waals surface area contributed by atoms with E-state index in [9.17, 15) is 4.79 Å². The van der Waals surface area contributed by atoms with Crippen LogP contribution < -0.4 is 14.8 Å². The molecule has 3 aromatic rings. The number of carbonyl (C=O) groups excluding carboxylic acids is 1. The Hall–Kier alpha value is -2.57. The molecule has 0 atom stereocenters. The van der Waals surface area contributed by atoms with Crippen LogP contribution in [0.25, 0.3) is 10.6 Å². The van der Waals surface area contributed by atoms with Gasteiger partial charge in [0.2, 0.25) is 5.91 Å². The van der Waals surface area contributed by atoms with Crippen molar-refractivity contribution in [2.24, 2.45) is 0 Å². The van der Waals surface area contributed by atoms with Gasteiger partial charge in [-0.2, -0.15) is 0 Å². The van der Waals surface area contributed by atoms with Crippen molar-refractivity contribution >= 4 is 28.8 Å². The summed E-state index contributed by atoms with van der Waals surface area (Å²) < 4.78 is 10.8. The van der Waals surface area contributed by atoms with Crippen molar-refractivity contribution in [3.63, 3.8) is 0 Å². The summed E-state index contributed by atoms with van der Waals surface area (Å²) in [6, 6.07) is 13.3. The van der Waals surface area contributed by atoms with E-state index in [1.807, 2.05) is 47.8 Å². The minimum Gasteiger partial charge on any atom is -0.493 e. The van der Waals surface area contributed by atoms with E-state index >= 15 is 0 Å². The number of hydrogen-bond acceptors (Lipinski definition) is 5. The normalized spacial score (nSPS) is 10.5. The Morgan fingerprint density at radius 1 is 1.14 bits per heavy atom. The van der Waals surface area contributed by atoms with Crippen molar-refractivity contribution in [1.82, 2.24) is 10.3 Å². The molecule has 0 fully saturated rings. The molecule has 28 heavy (non-hydrogen) atoms. The van der Waals surface area contributed by atoms with Gasteiger partial charge in [0.25, 0.3) is 0 Å². The van der Waals surface area contributed by atoms with Crippen LogP contribution in [0.5, 0.6) is 11.5 Å². The van der Waals surface area contributed by atoms with E-state index in [-0.39, 0.29) is 12.3 Å². The summed E-state index contributed by atoms with van der Waals surface area (Å²) in [6.07, 6.45) is 0.996. The lowest BCUT2D eigenvalue weighted by molar-refractivity contribution is -0.120. The van der Waals surface area contributed by atoms with E-state index in [0.29, 0.717) is 23.1 Å². The van der Waals surface area contributed by atoms with Gasteiger partial charge in [-0.25, -0.2) is 4.98 Å². The standard InChI is InChI=1S/C21H21ClN2O3S/c1-26-18-5-3-4-17(20(18)27-2)21-24-16(13-28-21)12-19(25)23-11-10-14-6-8-15(22)9-7-14/h3-9,13H,10-12H2,1-2H3,(H,23,25). The highest BCUT2D eigenvalue weighted by molar-refractivity contribution is 7.13. The average Bonchev–Trinajstić information content (AvgIpc) is 3.17. The lowest BCUT2D eigenvalue weighted by atomic mass is 10.1. The maximum Gasteiger partial charge on any atom is 0.226 e. The lowest BCUT2D eigenvalue weighted by Gasteiger charge is -2.10. The van der Waals surface area contributed by atoms with E-state index in [4.69, 9.17) is 21.1 Å². The highest BCUT2D eigenvalue weighted by atomic mass is 35.5. The SMILES string of the molecule is COc1cccc(-c2nc(CC(=O)NCCc3ccc(Cl)cc3)cs2)c1OC. The molecule has 0 aliphatic rings. The number of benzene rings is 2. The number of nitrogens with zero attached hydrogens (tertiary/aromatic N) is 1. The number of carbonyl (C=O) groups is 1. The lowest BCUT2D eigenvalue weighted by Crippen LogP contribution is -2.27. The summed E-state index contributed by atoms with van der Waals surface area (Å²) in [6.45, 7) is 0.571. The van der Waals surface area contributed by atoms with Gasteiger partial charge < -0.3 is 14.8 Å². The van der Waals surface area contributed by atoms with Gasteiger partial charge in [0, 0.05) is 16.9 Å². The highest BCUT2D eigenvalue weighted by Gasteiger charge is 2.15. The zero-order valence-corrected chi connectivity index (χ0v) is 17.3. The van der Waals surface area contributed by atoms with Crippen molar-refractivity contribution in [2.45, 2.75) is 12.8 Å². The van der Waals surface area contributed by atoms with Crippen molar-refractivity contribution in [3.8, 4) is 22.1 Å². The van der Waals surface area contributed by atoms with Crippen LogP contribution in [-0.2, 0) is 17.6 Å². The summed E-state index contributed by atoms with van der Waals surface area (Å²) in [4.78, 5) is 16.8. The average molecular weight is 417 g/mol. The van der Waals surface area contributed by atoms with Gasteiger partial charge in [-0.3, -0.25) is 4.79 Å². The van der Waals surface area contributed by atoms with Crippen molar-refractivity contribution in [2.75, 3.05) is 20.8 Å². The largest absolute Gasteiger partial charge is 0.493 e. The molecule has 1 N–H and O–H groups in total. The van der Waals surface area contributed by atoms with Crippen LogP contribution in [0, 0.1) is 0 Å². The Bertz CT molecular complexity index is 941. The van der Waals surface area contributed by atoms with Gasteiger partial charge >= 0.3 is 0 Å². The number of thiazole rings is 1. The van der Waals surface area contributed by atoms with Crippen molar-refractivity contribution in [3.05, 3.63) is 64.1 Å². The number of amides is 1. The molecular formula is C21H21ClN2O3S. The van der Waals surface area contributed by atoms with Crippen molar-refractivity contribution < 1.29 is 14.3 Å². The third-order valence-electron chi connectivity index (χ3n) is 4.18. The monoisotopic (exact) mass is 416 g/mol. The molecule has 0 saturated heterocycles. The number of nitrogens with one attached hydrogen (secondary N) is 1. The second-order valence-corrected chi connectivity index (χ2v) is 7.38. The molecule has 0 saturated carbocycles. The summed E-state index contributed by atoms with van der Waals surface area (Å²) in [5.74, 6) is 1.23. The number of methoxy groups -OCH3 is 2. The van der Waals surface area contributed by atoms with Gasteiger partial charge in [0.15, 0.2) is 11.5 Å². The molecule has 1 amide bonds.